The van der Waals surface area contributed by atoms with Gasteiger partial charge in [-0.25, -0.2) is 0 Å². The third-order valence-corrected chi connectivity index (χ3v) is 3.68. The van der Waals surface area contributed by atoms with Gasteiger partial charge in [0.25, 0.3) is 5.91 Å². The van der Waals surface area contributed by atoms with E-state index in [-0.39, 0.29) is 11.9 Å². The van der Waals surface area contributed by atoms with Crippen molar-refractivity contribution >= 4 is 5.91 Å². The molecule has 1 N–H and O–H groups in total. The number of nitrogens with zero attached hydrogens (tertiary/aromatic N) is 4. The molecule has 1 aliphatic rings. The molecule has 1 amide bonds. The SMILES string of the molecule is Cc1cc[nH]c1C(=O)N1CCC[C@H]1Cn1ccnn1. The largest absolute Gasteiger partial charge is 0.357 e. The Hall–Kier alpha value is -2.11. The number of aryl methyl sites for hydroxylation is 1. The summed E-state index contributed by atoms with van der Waals surface area (Å²) in [6.45, 7) is 3.48. The number of hydrogen-bond acceptors (Lipinski definition) is 3. The molecular weight excluding hydrogens is 242 g/mol. The van der Waals surface area contributed by atoms with Crippen molar-refractivity contribution in [1.29, 1.82) is 0 Å². The molecule has 19 heavy (non-hydrogen) atoms. The van der Waals surface area contributed by atoms with E-state index in [1.807, 2.05) is 30.3 Å². The van der Waals surface area contributed by atoms with E-state index >= 15 is 0 Å². The average Bonchev–Trinajstić information content (AvgIpc) is 3.10. The number of carbonyl (C=O) groups excluding carboxylic acids is 1. The van der Waals surface area contributed by atoms with Crippen molar-refractivity contribution in [2.75, 3.05) is 6.54 Å². The number of rotatable bonds is 3. The van der Waals surface area contributed by atoms with E-state index in [4.69, 9.17) is 0 Å². The summed E-state index contributed by atoms with van der Waals surface area (Å²) >= 11 is 0. The van der Waals surface area contributed by atoms with Gasteiger partial charge in [0.1, 0.15) is 5.69 Å². The van der Waals surface area contributed by atoms with Crippen LogP contribution in [-0.2, 0) is 6.54 Å². The Morgan fingerprint density at radius 3 is 3.16 bits per heavy atom. The molecule has 100 valence electrons. The molecule has 0 radical (unpaired) electrons. The van der Waals surface area contributed by atoms with Gasteiger partial charge in [0.15, 0.2) is 0 Å². The zero-order valence-corrected chi connectivity index (χ0v) is 10.9. The van der Waals surface area contributed by atoms with Crippen molar-refractivity contribution in [2.45, 2.75) is 32.4 Å². The fraction of sp³-hybridized carbons (Fsp3) is 0.462. The van der Waals surface area contributed by atoms with E-state index in [9.17, 15) is 4.79 Å². The lowest BCUT2D eigenvalue weighted by Gasteiger charge is -2.24. The summed E-state index contributed by atoms with van der Waals surface area (Å²) in [5.41, 5.74) is 1.70. The van der Waals surface area contributed by atoms with E-state index in [1.54, 1.807) is 10.9 Å². The van der Waals surface area contributed by atoms with Crippen LogP contribution in [0.5, 0.6) is 0 Å². The van der Waals surface area contributed by atoms with Crippen LogP contribution in [0.4, 0.5) is 0 Å². The van der Waals surface area contributed by atoms with E-state index < -0.39 is 0 Å². The molecular formula is C13H17N5O. The Balaban J connectivity index is 1.76. The highest BCUT2D eigenvalue weighted by molar-refractivity contribution is 5.94. The van der Waals surface area contributed by atoms with Crippen molar-refractivity contribution in [3.63, 3.8) is 0 Å². The van der Waals surface area contributed by atoms with Crippen LogP contribution in [0.25, 0.3) is 0 Å². The van der Waals surface area contributed by atoms with Crippen LogP contribution < -0.4 is 0 Å². The second kappa shape index (κ2) is 4.87. The summed E-state index contributed by atoms with van der Waals surface area (Å²) in [4.78, 5) is 17.5. The van der Waals surface area contributed by atoms with Crippen molar-refractivity contribution in [2.24, 2.45) is 0 Å². The monoisotopic (exact) mass is 259 g/mol. The molecule has 2 aromatic rings. The van der Waals surface area contributed by atoms with Gasteiger partial charge < -0.3 is 9.88 Å². The van der Waals surface area contributed by atoms with E-state index in [2.05, 4.69) is 15.3 Å². The quantitative estimate of drug-likeness (QED) is 0.901. The smallest absolute Gasteiger partial charge is 0.270 e. The second-order valence-electron chi connectivity index (χ2n) is 4.96. The molecule has 3 heterocycles. The molecule has 6 nitrogen and oxygen atoms in total. The number of amides is 1. The predicted molar refractivity (Wildman–Crippen MR) is 69.6 cm³/mol. The molecule has 2 aromatic heterocycles. The van der Waals surface area contributed by atoms with E-state index in [0.717, 1.165) is 24.9 Å². The molecule has 0 saturated carbocycles. The fourth-order valence-corrected chi connectivity index (χ4v) is 2.66. The van der Waals surface area contributed by atoms with Gasteiger partial charge >= 0.3 is 0 Å². The van der Waals surface area contributed by atoms with Crippen LogP contribution in [0.15, 0.2) is 24.7 Å². The third-order valence-electron chi connectivity index (χ3n) is 3.68. The number of aromatic amines is 1. The molecule has 1 atom stereocenters. The first-order valence-electron chi connectivity index (χ1n) is 6.55. The first-order valence-corrected chi connectivity index (χ1v) is 6.55. The summed E-state index contributed by atoms with van der Waals surface area (Å²) in [6.07, 6.45) is 7.37. The third kappa shape index (κ3) is 2.25. The van der Waals surface area contributed by atoms with Crippen LogP contribution >= 0.6 is 0 Å². The highest BCUT2D eigenvalue weighted by Crippen LogP contribution is 2.21. The number of carbonyl (C=O) groups is 1. The molecule has 0 aromatic carbocycles. The Morgan fingerprint density at radius 1 is 1.58 bits per heavy atom. The van der Waals surface area contributed by atoms with Crippen molar-refractivity contribution in [3.05, 3.63) is 35.9 Å². The Kier molecular flexibility index (Phi) is 3.06. The van der Waals surface area contributed by atoms with Crippen molar-refractivity contribution < 1.29 is 4.79 Å². The first-order chi connectivity index (χ1) is 9.25. The number of nitrogens with one attached hydrogen (secondary N) is 1. The lowest BCUT2D eigenvalue weighted by Crippen LogP contribution is -2.38. The molecule has 1 saturated heterocycles. The van der Waals surface area contributed by atoms with Gasteiger partial charge in [-0.1, -0.05) is 5.21 Å². The number of likely N-dealkylation sites (tertiary alicyclic amines) is 1. The van der Waals surface area contributed by atoms with Crippen LogP contribution in [0.2, 0.25) is 0 Å². The zero-order chi connectivity index (χ0) is 13.2. The summed E-state index contributed by atoms with van der Waals surface area (Å²) in [5.74, 6) is 0.0881. The lowest BCUT2D eigenvalue weighted by molar-refractivity contribution is 0.0715. The standard InChI is InChI=1S/C13H17N5O/c1-10-4-5-14-12(10)13(19)18-7-2-3-11(18)9-17-8-6-15-16-17/h4-6,8,11,14H,2-3,7,9H2,1H3/t11-/m0/s1. The maximum atomic E-state index is 12.5. The minimum absolute atomic E-state index is 0.0881. The van der Waals surface area contributed by atoms with Gasteiger partial charge in [0.2, 0.25) is 0 Å². The van der Waals surface area contributed by atoms with Gasteiger partial charge in [-0.05, 0) is 31.4 Å². The average molecular weight is 259 g/mol. The molecule has 1 aliphatic heterocycles. The van der Waals surface area contributed by atoms with Crippen LogP contribution in [0.3, 0.4) is 0 Å². The van der Waals surface area contributed by atoms with Gasteiger partial charge in [-0.15, -0.1) is 5.10 Å². The van der Waals surface area contributed by atoms with Gasteiger partial charge in [0.05, 0.1) is 18.8 Å². The Bertz CT molecular complexity index is 559. The molecule has 1 fully saturated rings. The number of aromatic nitrogens is 4. The normalized spacial score (nSPS) is 19.0. The van der Waals surface area contributed by atoms with Crippen LogP contribution in [-0.4, -0.2) is 43.4 Å². The maximum Gasteiger partial charge on any atom is 0.270 e. The minimum atomic E-state index is 0.0881. The Morgan fingerprint density at radius 2 is 2.47 bits per heavy atom. The molecule has 0 spiro atoms. The highest BCUT2D eigenvalue weighted by atomic mass is 16.2. The van der Waals surface area contributed by atoms with Crippen LogP contribution in [0, 0.1) is 6.92 Å². The number of hydrogen-bond donors (Lipinski definition) is 1. The first kappa shape index (κ1) is 12.0. The van der Waals surface area contributed by atoms with Gasteiger partial charge in [-0.2, -0.15) is 0 Å². The fourth-order valence-electron chi connectivity index (χ4n) is 2.66. The van der Waals surface area contributed by atoms with E-state index in [1.165, 1.54) is 0 Å². The van der Waals surface area contributed by atoms with Gasteiger partial charge in [0, 0.05) is 18.9 Å². The maximum absolute atomic E-state index is 12.5. The summed E-state index contributed by atoms with van der Waals surface area (Å²) < 4.78 is 1.79. The predicted octanol–water partition coefficient (Wildman–Crippen LogP) is 1.22. The van der Waals surface area contributed by atoms with Crippen molar-refractivity contribution in [3.8, 4) is 0 Å². The summed E-state index contributed by atoms with van der Waals surface area (Å²) in [6, 6.07) is 2.13. The summed E-state index contributed by atoms with van der Waals surface area (Å²) in [7, 11) is 0. The van der Waals surface area contributed by atoms with Gasteiger partial charge in [-0.3, -0.25) is 9.48 Å². The second-order valence-corrected chi connectivity index (χ2v) is 4.96. The van der Waals surface area contributed by atoms with Crippen LogP contribution in [0.1, 0.15) is 28.9 Å². The molecule has 0 unspecified atom stereocenters. The molecule has 3 rings (SSSR count). The highest BCUT2D eigenvalue weighted by Gasteiger charge is 2.30. The topological polar surface area (TPSA) is 66.8 Å². The zero-order valence-electron chi connectivity index (χ0n) is 10.9. The molecule has 6 heteroatoms. The summed E-state index contributed by atoms with van der Waals surface area (Å²) in [5, 5.41) is 7.78. The molecule has 0 aliphatic carbocycles. The minimum Gasteiger partial charge on any atom is -0.357 e. The molecule has 0 bridgehead atoms. The lowest BCUT2D eigenvalue weighted by atomic mass is 10.2. The number of H-pyrrole nitrogens is 1. The Labute approximate surface area is 111 Å². The van der Waals surface area contributed by atoms with E-state index in [0.29, 0.717) is 12.2 Å². The van der Waals surface area contributed by atoms with Crippen molar-refractivity contribution in [1.82, 2.24) is 24.9 Å².